The van der Waals surface area contributed by atoms with Crippen LogP contribution in [0.4, 0.5) is 5.82 Å². The summed E-state index contributed by atoms with van der Waals surface area (Å²) in [5.41, 5.74) is 6.23. The fraction of sp³-hybridized carbons (Fsp3) is 0.455. The van der Waals surface area contributed by atoms with Crippen molar-refractivity contribution in [3.63, 3.8) is 0 Å². The van der Waals surface area contributed by atoms with Crippen molar-refractivity contribution in [3.8, 4) is 0 Å². The Morgan fingerprint density at radius 2 is 2.44 bits per heavy atom. The van der Waals surface area contributed by atoms with Gasteiger partial charge in [0, 0.05) is 13.7 Å². The zero-order chi connectivity index (χ0) is 11.5. The summed E-state index contributed by atoms with van der Waals surface area (Å²) in [5, 5.41) is 0. The largest absolute Gasteiger partial charge is 0.388 e. The van der Waals surface area contributed by atoms with Gasteiger partial charge in [-0.3, -0.25) is 0 Å². The van der Waals surface area contributed by atoms with Crippen molar-refractivity contribution in [2.24, 2.45) is 5.73 Å². The molecule has 86 valence electrons. The van der Waals surface area contributed by atoms with Crippen LogP contribution in [0.2, 0.25) is 0 Å². The molecule has 2 rings (SSSR count). The second kappa shape index (κ2) is 4.76. The third-order valence-electron chi connectivity index (χ3n) is 2.80. The first-order valence-electron chi connectivity index (χ1n) is 5.26. The Kier molecular flexibility index (Phi) is 3.36. The number of ether oxygens (including phenoxy) is 1. The summed E-state index contributed by atoms with van der Waals surface area (Å²) in [6, 6.07) is 6.10. The van der Waals surface area contributed by atoms with Gasteiger partial charge in [0.25, 0.3) is 0 Å². The number of nitrogens with two attached hydrogens (primary N) is 1. The van der Waals surface area contributed by atoms with E-state index in [9.17, 15) is 0 Å². The van der Waals surface area contributed by atoms with E-state index in [1.165, 1.54) is 0 Å². The first-order chi connectivity index (χ1) is 7.68. The van der Waals surface area contributed by atoms with Crippen LogP contribution >= 0.6 is 12.2 Å². The number of aromatic nitrogens is 1. The molecule has 2 heterocycles. The van der Waals surface area contributed by atoms with Crippen LogP contribution in [0.3, 0.4) is 0 Å². The van der Waals surface area contributed by atoms with Gasteiger partial charge < -0.3 is 15.4 Å². The third-order valence-corrected chi connectivity index (χ3v) is 3.01. The lowest BCUT2D eigenvalue weighted by molar-refractivity contribution is 0.193. The summed E-state index contributed by atoms with van der Waals surface area (Å²) in [7, 11) is 2.02. The van der Waals surface area contributed by atoms with E-state index in [2.05, 4.69) is 9.88 Å². The van der Waals surface area contributed by atoms with Crippen LogP contribution in [-0.2, 0) is 4.74 Å². The van der Waals surface area contributed by atoms with E-state index in [0.29, 0.717) is 16.7 Å². The van der Waals surface area contributed by atoms with Crippen molar-refractivity contribution in [2.45, 2.75) is 12.5 Å². The van der Waals surface area contributed by atoms with Crippen molar-refractivity contribution in [1.29, 1.82) is 0 Å². The molecule has 4 nitrogen and oxygen atoms in total. The number of pyridine rings is 1. The lowest BCUT2D eigenvalue weighted by Gasteiger charge is -2.24. The topological polar surface area (TPSA) is 51.4 Å². The molecule has 16 heavy (non-hydrogen) atoms. The highest BCUT2D eigenvalue weighted by atomic mass is 32.1. The van der Waals surface area contributed by atoms with Gasteiger partial charge in [-0.1, -0.05) is 18.3 Å². The molecule has 1 saturated heterocycles. The number of hydrogen-bond donors (Lipinski definition) is 1. The van der Waals surface area contributed by atoms with Crippen molar-refractivity contribution in [2.75, 3.05) is 25.2 Å². The van der Waals surface area contributed by atoms with Crippen molar-refractivity contribution in [1.82, 2.24) is 4.98 Å². The molecule has 0 aromatic carbocycles. The van der Waals surface area contributed by atoms with Gasteiger partial charge in [-0.2, -0.15) is 0 Å². The van der Waals surface area contributed by atoms with Crippen LogP contribution in [0.15, 0.2) is 18.2 Å². The lowest BCUT2D eigenvalue weighted by Crippen LogP contribution is -2.32. The molecule has 0 radical (unpaired) electrons. The summed E-state index contributed by atoms with van der Waals surface area (Å²) in [6.07, 6.45) is 1.04. The Morgan fingerprint density at radius 3 is 3.06 bits per heavy atom. The number of nitrogens with zero attached hydrogens (tertiary/aromatic N) is 2. The molecule has 0 spiro atoms. The van der Waals surface area contributed by atoms with Crippen LogP contribution in [0, 0.1) is 0 Å². The zero-order valence-corrected chi connectivity index (χ0v) is 10.0. The van der Waals surface area contributed by atoms with E-state index in [1.54, 1.807) is 0 Å². The Hall–Kier alpha value is -1.20. The summed E-state index contributed by atoms with van der Waals surface area (Å²) in [5.74, 6) is 0.890. The molecule has 0 aliphatic carbocycles. The van der Waals surface area contributed by atoms with Crippen LogP contribution in [0.25, 0.3) is 0 Å². The lowest BCUT2D eigenvalue weighted by atomic mass is 10.2. The standard InChI is InChI=1S/C11H15N3OS/c1-14(8-5-6-15-7-8)10-4-2-3-9(13-10)11(12)16/h2-4,8H,5-7H2,1H3,(H2,12,16). The number of rotatable bonds is 3. The van der Waals surface area contributed by atoms with Crippen LogP contribution in [-0.4, -0.2) is 36.3 Å². The quantitative estimate of drug-likeness (QED) is 0.793. The van der Waals surface area contributed by atoms with Gasteiger partial charge in [0.2, 0.25) is 0 Å². The van der Waals surface area contributed by atoms with Crippen molar-refractivity contribution in [3.05, 3.63) is 23.9 Å². The second-order valence-electron chi connectivity index (χ2n) is 3.87. The maximum absolute atomic E-state index is 5.56. The van der Waals surface area contributed by atoms with E-state index < -0.39 is 0 Å². The molecule has 5 heteroatoms. The van der Waals surface area contributed by atoms with Gasteiger partial charge in [0.15, 0.2) is 0 Å². The minimum absolute atomic E-state index is 0.331. The third kappa shape index (κ3) is 2.31. The second-order valence-corrected chi connectivity index (χ2v) is 4.31. The van der Waals surface area contributed by atoms with Gasteiger partial charge in [0.05, 0.1) is 18.3 Å². The molecule has 1 aliphatic heterocycles. The number of thiocarbonyl (C=S) groups is 1. The fourth-order valence-electron chi connectivity index (χ4n) is 1.77. The zero-order valence-electron chi connectivity index (χ0n) is 9.22. The van der Waals surface area contributed by atoms with Gasteiger partial charge in [-0.15, -0.1) is 0 Å². The van der Waals surface area contributed by atoms with Crippen LogP contribution in [0.5, 0.6) is 0 Å². The molecular formula is C11H15N3OS. The highest BCUT2D eigenvalue weighted by molar-refractivity contribution is 7.80. The summed E-state index contributed by atoms with van der Waals surface area (Å²) in [6.45, 7) is 1.58. The maximum atomic E-state index is 5.56. The van der Waals surface area contributed by atoms with Crippen molar-refractivity contribution < 1.29 is 4.74 Å². The maximum Gasteiger partial charge on any atom is 0.129 e. The normalized spacial score (nSPS) is 19.7. The Morgan fingerprint density at radius 1 is 1.62 bits per heavy atom. The molecule has 1 aromatic rings. The smallest absolute Gasteiger partial charge is 0.129 e. The van der Waals surface area contributed by atoms with Crippen molar-refractivity contribution >= 4 is 23.0 Å². The molecule has 1 unspecified atom stereocenters. The first kappa shape index (κ1) is 11.3. The molecule has 1 fully saturated rings. The predicted molar refractivity (Wildman–Crippen MR) is 67.8 cm³/mol. The summed E-state index contributed by atoms with van der Waals surface area (Å²) in [4.78, 5) is 6.87. The number of anilines is 1. The Balaban J connectivity index is 2.18. The van der Waals surface area contributed by atoms with Gasteiger partial charge in [-0.05, 0) is 18.6 Å². The average Bonchev–Trinajstić information content (AvgIpc) is 2.81. The molecule has 1 atom stereocenters. The monoisotopic (exact) mass is 237 g/mol. The molecule has 0 saturated carbocycles. The van der Waals surface area contributed by atoms with Gasteiger partial charge >= 0.3 is 0 Å². The highest BCUT2D eigenvalue weighted by Crippen LogP contribution is 2.18. The molecule has 0 bridgehead atoms. The number of likely N-dealkylation sites (N-methyl/N-ethyl adjacent to an activating group) is 1. The SMILES string of the molecule is CN(c1cccc(C(N)=S)n1)C1CCOC1. The molecular weight excluding hydrogens is 222 g/mol. The van der Waals surface area contributed by atoms with Gasteiger partial charge in [0.1, 0.15) is 10.8 Å². The van der Waals surface area contributed by atoms with E-state index >= 15 is 0 Å². The minimum Gasteiger partial charge on any atom is -0.388 e. The summed E-state index contributed by atoms with van der Waals surface area (Å²) < 4.78 is 5.36. The van der Waals surface area contributed by atoms with E-state index in [4.69, 9.17) is 22.7 Å². The molecule has 1 aliphatic rings. The minimum atomic E-state index is 0.331. The molecule has 1 aromatic heterocycles. The molecule has 2 N–H and O–H groups in total. The Labute approximate surface area is 100 Å². The van der Waals surface area contributed by atoms with Gasteiger partial charge in [-0.25, -0.2) is 4.98 Å². The average molecular weight is 237 g/mol. The van der Waals surface area contributed by atoms with Crippen LogP contribution in [0.1, 0.15) is 12.1 Å². The fourth-order valence-corrected chi connectivity index (χ4v) is 1.89. The highest BCUT2D eigenvalue weighted by Gasteiger charge is 2.21. The van der Waals surface area contributed by atoms with Crippen LogP contribution < -0.4 is 10.6 Å². The first-order valence-corrected chi connectivity index (χ1v) is 5.67. The van der Waals surface area contributed by atoms with E-state index in [1.807, 2.05) is 25.2 Å². The predicted octanol–water partition coefficient (Wildman–Crippen LogP) is 0.941. The summed E-state index contributed by atoms with van der Waals surface area (Å²) >= 11 is 4.92. The Bertz CT molecular complexity index is 391. The van der Waals surface area contributed by atoms with E-state index in [-0.39, 0.29) is 0 Å². The molecule has 0 amide bonds. The number of hydrogen-bond acceptors (Lipinski definition) is 4. The van der Waals surface area contributed by atoms with E-state index in [0.717, 1.165) is 25.5 Å².